The molecule has 0 aliphatic rings. The van der Waals surface area contributed by atoms with Crippen molar-refractivity contribution in [3.63, 3.8) is 0 Å². The first-order chi connectivity index (χ1) is 18.3. The number of aliphatic carboxylic acids is 1. The van der Waals surface area contributed by atoms with Gasteiger partial charge >= 0.3 is 5.97 Å². The van der Waals surface area contributed by atoms with E-state index in [1.54, 1.807) is 44.2 Å². The van der Waals surface area contributed by atoms with Crippen molar-refractivity contribution in [3.05, 3.63) is 35.9 Å². The van der Waals surface area contributed by atoms with Crippen LogP contribution in [0.1, 0.15) is 45.1 Å². The fourth-order valence-corrected chi connectivity index (χ4v) is 3.58. The number of primary amides is 1. The van der Waals surface area contributed by atoms with Crippen LogP contribution in [0.2, 0.25) is 0 Å². The Kier molecular flexibility index (Phi) is 14.0. The molecule has 1 rings (SSSR count). The molecule has 0 aromatic heterocycles. The molecule has 39 heavy (non-hydrogen) atoms. The quantitative estimate of drug-likeness (QED) is 0.0611. The lowest BCUT2D eigenvalue weighted by Crippen LogP contribution is -2.58. The number of guanidine groups is 1. The summed E-state index contributed by atoms with van der Waals surface area (Å²) in [4.78, 5) is 65.8. The summed E-state index contributed by atoms with van der Waals surface area (Å²) in [6, 6.07) is 4.12. The number of carboxylic acids is 1. The maximum Gasteiger partial charge on any atom is 0.326 e. The zero-order chi connectivity index (χ0) is 29.5. The van der Waals surface area contributed by atoms with E-state index in [2.05, 4.69) is 20.9 Å². The molecule has 0 spiro atoms. The second kappa shape index (κ2) is 16.6. The van der Waals surface area contributed by atoms with Crippen LogP contribution in [0, 0.1) is 5.92 Å². The lowest BCUT2D eigenvalue weighted by molar-refractivity contribution is -0.142. The van der Waals surface area contributed by atoms with E-state index in [9.17, 15) is 29.1 Å². The molecule has 216 valence electrons. The third kappa shape index (κ3) is 12.7. The van der Waals surface area contributed by atoms with Crippen molar-refractivity contribution in [2.45, 2.75) is 70.1 Å². The first-order valence-electron chi connectivity index (χ1n) is 12.6. The molecule has 14 heteroatoms. The highest BCUT2D eigenvalue weighted by molar-refractivity contribution is 5.94. The molecular formula is C25H40N8O6. The molecule has 0 unspecified atom stereocenters. The van der Waals surface area contributed by atoms with Crippen molar-refractivity contribution >= 4 is 35.6 Å². The van der Waals surface area contributed by atoms with Crippen LogP contribution in [0.5, 0.6) is 0 Å². The van der Waals surface area contributed by atoms with Gasteiger partial charge in [0.05, 0.1) is 6.04 Å². The molecule has 0 saturated carbocycles. The fourth-order valence-electron chi connectivity index (χ4n) is 3.58. The Bertz CT molecular complexity index is 1010. The number of nitrogens with one attached hydrogen (secondary N) is 3. The summed E-state index contributed by atoms with van der Waals surface area (Å²) in [5, 5.41) is 17.1. The van der Waals surface area contributed by atoms with E-state index in [-0.39, 0.29) is 38.2 Å². The number of nitrogens with two attached hydrogens (primary N) is 4. The zero-order valence-corrected chi connectivity index (χ0v) is 22.3. The van der Waals surface area contributed by atoms with E-state index in [1.165, 1.54) is 0 Å². The Hall–Kier alpha value is -4.20. The lowest BCUT2D eigenvalue weighted by Gasteiger charge is -2.27. The molecule has 0 aliphatic carbocycles. The van der Waals surface area contributed by atoms with Crippen molar-refractivity contribution in [1.82, 2.24) is 16.0 Å². The number of carboxylic acid groups (broad SMARTS) is 1. The second-order valence-electron chi connectivity index (χ2n) is 9.44. The Morgan fingerprint density at radius 1 is 0.872 bits per heavy atom. The number of carbonyl (C=O) groups is 5. The van der Waals surface area contributed by atoms with Crippen molar-refractivity contribution in [1.29, 1.82) is 0 Å². The predicted octanol–water partition coefficient (Wildman–Crippen LogP) is -1.93. The summed E-state index contributed by atoms with van der Waals surface area (Å²) in [5.41, 5.74) is 22.4. The monoisotopic (exact) mass is 548 g/mol. The molecule has 0 fully saturated rings. The van der Waals surface area contributed by atoms with Crippen molar-refractivity contribution in [3.8, 4) is 0 Å². The average Bonchev–Trinajstić information content (AvgIpc) is 2.86. The van der Waals surface area contributed by atoms with Gasteiger partial charge in [0.25, 0.3) is 0 Å². The maximum atomic E-state index is 13.1. The van der Waals surface area contributed by atoms with E-state index < -0.39 is 59.7 Å². The Balaban J connectivity index is 2.93. The molecule has 1 aromatic rings. The van der Waals surface area contributed by atoms with Crippen LogP contribution < -0.4 is 38.9 Å². The fraction of sp³-hybridized carbons (Fsp3) is 0.520. The molecule has 4 atom stereocenters. The van der Waals surface area contributed by atoms with Gasteiger partial charge < -0.3 is 44.0 Å². The van der Waals surface area contributed by atoms with Gasteiger partial charge in [0.2, 0.25) is 23.6 Å². The van der Waals surface area contributed by atoms with Gasteiger partial charge in [0.1, 0.15) is 18.1 Å². The Labute approximate surface area is 227 Å². The van der Waals surface area contributed by atoms with Crippen molar-refractivity contribution in [2.75, 3.05) is 6.54 Å². The number of nitrogens with zero attached hydrogens (tertiary/aromatic N) is 1. The largest absolute Gasteiger partial charge is 0.480 e. The minimum absolute atomic E-state index is 0.00412. The molecule has 1 aromatic carbocycles. The van der Waals surface area contributed by atoms with Crippen molar-refractivity contribution < 1.29 is 29.1 Å². The van der Waals surface area contributed by atoms with Gasteiger partial charge in [0, 0.05) is 19.4 Å². The molecule has 14 nitrogen and oxygen atoms in total. The molecule has 0 heterocycles. The van der Waals surface area contributed by atoms with Crippen molar-refractivity contribution in [2.24, 2.45) is 33.8 Å². The van der Waals surface area contributed by atoms with E-state index in [1.807, 2.05) is 0 Å². The van der Waals surface area contributed by atoms with Gasteiger partial charge in [-0.15, -0.1) is 0 Å². The van der Waals surface area contributed by atoms with Gasteiger partial charge in [-0.05, 0) is 30.7 Å². The number of carbonyl (C=O) groups excluding carboxylic acids is 4. The molecule has 0 saturated heterocycles. The van der Waals surface area contributed by atoms with Gasteiger partial charge in [-0.1, -0.05) is 44.2 Å². The third-order valence-electron chi connectivity index (χ3n) is 5.76. The lowest BCUT2D eigenvalue weighted by atomic mass is 10.0. The summed E-state index contributed by atoms with van der Waals surface area (Å²) < 4.78 is 0. The first kappa shape index (κ1) is 32.8. The normalized spacial score (nSPS) is 13.8. The van der Waals surface area contributed by atoms with E-state index in [4.69, 9.17) is 22.9 Å². The Morgan fingerprint density at radius 3 is 2.03 bits per heavy atom. The van der Waals surface area contributed by atoms with Gasteiger partial charge in [-0.3, -0.25) is 24.2 Å². The van der Waals surface area contributed by atoms with Crippen LogP contribution in [0.4, 0.5) is 0 Å². The summed E-state index contributed by atoms with van der Waals surface area (Å²) in [6.07, 6.45) is 0.288. The highest BCUT2D eigenvalue weighted by atomic mass is 16.4. The smallest absolute Gasteiger partial charge is 0.326 e. The van der Waals surface area contributed by atoms with E-state index in [0.717, 1.165) is 0 Å². The number of hydrogen-bond donors (Lipinski definition) is 8. The maximum absolute atomic E-state index is 13.1. The van der Waals surface area contributed by atoms with Crippen LogP contribution in [0.25, 0.3) is 0 Å². The molecular weight excluding hydrogens is 508 g/mol. The predicted molar refractivity (Wildman–Crippen MR) is 145 cm³/mol. The van der Waals surface area contributed by atoms with E-state index >= 15 is 0 Å². The van der Waals surface area contributed by atoms with Gasteiger partial charge in [0.15, 0.2) is 5.96 Å². The summed E-state index contributed by atoms with van der Waals surface area (Å²) in [5.74, 6) is -4.54. The molecule has 12 N–H and O–H groups in total. The minimum atomic E-state index is -1.29. The summed E-state index contributed by atoms with van der Waals surface area (Å²) in [6.45, 7) is 3.66. The van der Waals surface area contributed by atoms with E-state index in [0.29, 0.717) is 12.0 Å². The number of benzene rings is 1. The summed E-state index contributed by atoms with van der Waals surface area (Å²) >= 11 is 0. The number of rotatable bonds is 17. The van der Waals surface area contributed by atoms with Crippen LogP contribution in [-0.2, 0) is 30.4 Å². The molecule has 0 bridgehead atoms. The number of hydrogen-bond acceptors (Lipinski definition) is 7. The molecule has 0 radical (unpaired) electrons. The highest BCUT2D eigenvalue weighted by Gasteiger charge is 2.31. The number of aliphatic imine (C=N–C) groups is 1. The minimum Gasteiger partial charge on any atom is -0.480 e. The van der Waals surface area contributed by atoms with Crippen LogP contribution in [0.3, 0.4) is 0 Å². The first-order valence-corrected chi connectivity index (χ1v) is 12.6. The standard InChI is InChI=1S/C25H40N8O6/c1-14(2)20(33-21(35)16(26)9-6-12-30-25(28)29)23(37)31-17(10-11-19(27)34)22(36)32-18(24(38)39)13-15-7-4-3-5-8-15/h3-5,7-8,14,16-18,20H,6,9-13,26H2,1-2H3,(H2,27,34)(H,31,37)(H,32,36)(H,33,35)(H,38,39)(H4,28,29,30)/t16-,17-,18-,20-/m0/s1. The van der Waals surface area contributed by atoms with Gasteiger partial charge in [-0.2, -0.15) is 0 Å². The van der Waals surface area contributed by atoms with Crippen LogP contribution in [-0.4, -0.2) is 71.4 Å². The molecule has 0 aliphatic heterocycles. The topological polar surface area (TPSA) is 258 Å². The Morgan fingerprint density at radius 2 is 1.49 bits per heavy atom. The highest BCUT2D eigenvalue weighted by Crippen LogP contribution is 2.08. The SMILES string of the molecule is CC(C)[C@H](NC(=O)[C@@H](N)CCCN=C(N)N)C(=O)N[C@@H](CCC(N)=O)C(=O)N[C@@H](Cc1ccccc1)C(=O)O. The average molecular weight is 549 g/mol. The zero-order valence-electron chi connectivity index (χ0n) is 22.3. The number of amides is 4. The van der Waals surface area contributed by atoms with Gasteiger partial charge in [-0.25, -0.2) is 4.79 Å². The third-order valence-corrected chi connectivity index (χ3v) is 5.76. The van der Waals surface area contributed by atoms with Crippen LogP contribution >= 0.6 is 0 Å². The van der Waals surface area contributed by atoms with Crippen LogP contribution in [0.15, 0.2) is 35.3 Å². The molecule has 4 amide bonds. The summed E-state index contributed by atoms with van der Waals surface area (Å²) in [7, 11) is 0. The second-order valence-corrected chi connectivity index (χ2v) is 9.44.